The summed E-state index contributed by atoms with van der Waals surface area (Å²) in [5.41, 5.74) is 1.55. The molecule has 1 aliphatic heterocycles. The minimum absolute atomic E-state index is 0.0171. The van der Waals surface area contributed by atoms with Gasteiger partial charge in [-0.1, -0.05) is 19.4 Å². The standard InChI is InChI=1S/C14H18N2O2/c1-2-9-8-12(9)16-14(17)10-4-3-5-11-13(10)18-7-6-15-11/h3-5,9,12,15H,2,6-8H2,1H3,(H,16,17). The highest BCUT2D eigenvalue weighted by molar-refractivity contribution is 5.99. The van der Waals surface area contributed by atoms with E-state index >= 15 is 0 Å². The molecule has 2 atom stereocenters. The van der Waals surface area contributed by atoms with Crippen molar-refractivity contribution in [2.45, 2.75) is 25.8 Å². The first-order chi connectivity index (χ1) is 8.79. The number of amides is 1. The molecule has 3 rings (SSSR count). The Morgan fingerprint density at radius 1 is 1.56 bits per heavy atom. The van der Waals surface area contributed by atoms with Crippen LogP contribution < -0.4 is 15.4 Å². The van der Waals surface area contributed by atoms with Crippen molar-refractivity contribution >= 4 is 11.6 Å². The lowest BCUT2D eigenvalue weighted by molar-refractivity contribution is 0.0945. The second-order valence-corrected chi connectivity index (χ2v) is 4.94. The predicted molar refractivity (Wildman–Crippen MR) is 70.1 cm³/mol. The molecule has 0 spiro atoms. The van der Waals surface area contributed by atoms with Gasteiger partial charge in [0.25, 0.3) is 5.91 Å². The Morgan fingerprint density at radius 2 is 2.44 bits per heavy atom. The highest BCUT2D eigenvalue weighted by atomic mass is 16.5. The summed E-state index contributed by atoms with van der Waals surface area (Å²) in [4.78, 5) is 12.2. The third kappa shape index (κ3) is 2.03. The number of hydrogen-bond acceptors (Lipinski definition) is 3. The topological polar surface area (TPSA) is 50.4 Å². The van der Waals surface area contributed by atoms with Crippen molar-refractivity contribution in [2.24, 2.45) is 5.92 Å². The number of anilines is 1. The van der Waals surface area contributed by atoms with E-state index in [1.165, 1.54) is 0 Å². The lowest BCUT2D eigenvalue weighted by Crippen LogP contribution is -2.28. The molecule has 4 nitrogen and oxygen atoms in total. The zero-order chi connectivity index (χ0) is 12.5. The number of benzene rings is 1. The van der Waals surface area contributed by atoms with Crippen LogP contribution in [0.2, 0.25) is 0 Å². The van der Waals surface area contributed by atoms with Gasteiger partial charge in [-0.2, -0.15) is 0 Å². The van der Waals surface area contributed by atoms with Crippen LogP contribution in [0, 0.1) is 5.92 Å². The Morgan fingerprint density at radius 3 is 3.22 bits per heavy atom. The minimum atomic E-state index is -0.0171. The first-order valence-electron chi connectivity index (χ1n) is 6.60. The van der Waals surface area contributed by atoms with Crippen LogP contribution in [0.1, 0.15) is 30.1 Å². The summed E-state index contributed by atoms with van der Waals surface area (Å²) in [7, 11) is 0. The van der Waals surface area contributed by atoms with Crippen LogP contribution in [0.3, 0.4) is 0 Å². The van der Waals surface area contributed by atoms with Gasteiger partial charge in [-0.25, -0.2) is 0 Å². The predicted octanol–water partition coefficient (Wildman–Crippen LogP) is 2.02. The fourth-order valence-corrected chi connectivity index (χ4v) is 2.47. The molecule has 2 aliphatic rings. The van der Waals surface area contributed by atoms with Crippen molar-refractivity contribution in [1.29, 1.82) is 0 Å². The van der Waals surface area contributed by atoms with Crippen molar-refractivity contribution in [1.82, 2.24) is 5.32 Å². The van der Waals surface area contributed by atoms with Crippen molar-refractivity contribution < 1.29 is 9.53 Å². The summed E-state index contributed by atoms with van der Waals surface area (Å²) >= 11 is 0. The Bertz CT molecular complexity index is 473. The Hall–Kier alpha value is -1.71. The maximum absolute atomic E-state index is 12.2. The van der Waals surface area contributed by atoms with Gasteiger partial charge in [0.05, 0.1) is 11.3 Å². The average Bonchev–Trinajstić information content (AvgIpc) is 3.16. The third-order valence-corrected chi connectivity index (χ3v) is 3.69. The maximum atomic E-state index is 12.2. The third-order valence-electron chi connectivity index (χ3n) is 3.69. The number of nitrogens with one attached hydrogen (secondary N) is 2. The molecule has 0 radical (unpaired) electrons. The monoisotopic (exact) mass is 246 g/mol. The molecule has 96 valence electrons. The molecule has 1 fully saturated rings. The molecule has 0 saturated heterocycles. The summed E-state index contributed by atoms with van der Waals surface area (Å²) in [5, 5.41) is 6.32. The highest BCUT2D eigenvalue weighted by Crippen LogP contribution is 2.35. The van der Waals surface area contributed by atoms with E-state index in [-0.39, 0.29) is 5.91 Å². The summed E-state index contributed by atoms with van der Waals surface area (Å²) in [6.45, 7) is 3.56. The molecular weight excluding hydrogens is 228 g/mol. The molecule has 1 aromatic carbocycles. The lowest BCUT2D eigenvalue weighted by atomic mass is 10.1. The van der Waals surface area contributed by atoms with Gasteiger partial charge in [-0.3, -0.25) is 4.79 Å². The van der Waals surface area contributed by atoms with Gasteiger partial charge >= 0.3 is 0 Å². The van der Waals surface area contributed by atoms with Crippen LogP contribution in [0.5, 0.6) is 5.75 Å². The van der Waals surface area contributed by atoms with Gasteiger partial charge in [0.2, 0.25) is 0 Å². The Balaban J connectivity index is 1.77. The number of rotatable bonds is 3. The molecule has 18 heavy (non-hydrogen) atoms. The van der Waals surface area contributed by atoms with E-state index in [2.05, 4.69) is 17.6 Å². The van der Waals surface area contributed by atoms with Crippen LogP contribution >= 0.6 is 0 Å². The fourth-order valence-electron chi connectivity index (χ4n) is 2.47. The van der Waals surface area contributed by atoms with E-state index in [4.69, 9.17) is 4.74 Å². The van der Waals surface area contributed by atoms with E-state index in [9.17, 15) is 4.79 Å². The molecular formula is C14H18N2O2. The zero-order valence-corrected chi connectivity index (χ0v) is 10.5. The van der Waals surface area contributed by atoms with Gasteiger partial charge in [-0.15, -0.1) is 0 Å². The van der Waals surface area contributed by atoms with Gasteiger partial charge in [0.15, 0.2) is 5.75 Å². The smallest absolute Gasteiger partial charge is 0.255 e. The average molecular weight is 246 g/mol. The molecule has 2 unspecified atom stereocenters. The Labute approximate surface area is 107 Å². The fraction of sp³-hybridized carbons (Fsp3) is 0.500. The van der Waals surface area contributed by atoms with E-state index in [0.717, 1.165) is 25.1 Å². The van der Waals surface area contributed by atoms with Crippen molar-refractivity contribution in [2.75, 3.05) is 18.5 Å². The number of ether oxygens (including phenoxy) is 1. The van der Waals surface area contributed by atoms with Crippen LogP contribution in [0.25, 0.3) is 0 Å². The maximum Gasteiger partial charge on any atom is 0.255 e. The van der Waals surface area contributed by atoms with Crippen molar-refractivity contribution in [3.63, 3.8) is 0 Å². The minimum Gasteiger partial charge on any atom is -0.489 e. The number of carbonyl (C=O) groups is 1. The molecule has 4 heteroatoms. The van der Waals surface area contributed by atoms with E-state index < -0.39 is 0 Å². The van der Waals surface area contributed by atoms with Crippen molar-refractivity contribution in [3.8, 4) is 5.75 Å². The van der Waals surface area contributed by atoms with E-state index in [1.807, 2.05) is 18.2 Å². The van der Waals surface area contributed by atoms with Gasteiger partial charge in [0, 0.05) is 12.6 Å². The molecule has 1 aliphatic carbocycles. The summed E-state index contributed by atoms with van der Waals surface area (Å²) in [5.74, 6) is 1.33. The lowest BCUT2D eigenvalue weighted by Gasteiger charge is -2.21. The molecule has 2 N–H and O–H groups in total. The molecule has 0 aromatic heterocycles. The normalized spacial score (nSPS) is 24.5. The van der Waals surface area contributed by atoms with Crippen LogP contribution in [-0.2, 0) is 0 Å². The first kappa shape index (κ1) is 11.4. The molecule has 0 bridgehead atoms. The summed E-state index contributed by atoms with van der Waals surface area (Å²) in [6.07, 6.45) is 2.24. The molecule has 1 amide bonds. The van der Waals surface area contributed by atoms with Crippen LogP contribution in [0.4, 0.5) is 5.69 Å². The quantitative estimate of drug-likeness (QED) is 0.858. The van der Waals surface area contributed by atoms with Crippen molar-refractivity contribution in [3.05, 3.63) is 23.8 Å². The van der Waals surface area contributed by atoms with Gasteiger partial charge < -0.3 is 15.4 Å². The zero-order valence-electron chi connectivity index (χ0n) is 10.5. The number of carbonyl (C=O) groups excluding carboxylic acids is 1. The largest absolute Gasteiger partial charge is 0.489 e. The van der Waals surface area contributed by atoms with Gasteiger partial charge in [-0.05, 0) is 24.5 Å². The van der Waals surface area contributed by atoms with E-state index in [1.54, 1.807) is 0 Å². The number of hydrogen-bond donors (Lipinski definition) is 2. The highest BCUT2D eigenvalue weighted by Gasteiger charge is 2.37. The summed E-state index contributed by atoms with van der Waals surface area (Å²) in [6, 6.07) is 6.01. The van der Waals surface area contributed by atoms with Crippen LogP contribution in [0.15, 0.2) is 18.2 Å². The Kier molecular flexibility index (Phi) is 2.86. The molecule has 1 heterocycles. The second kappa shape index (κ2) is 4.52. The van der Waals surface area contributed by atoms with E-state index in [0.29, 0.717) is 29.9 Å². The van der Waals surface area contributed by atoms with Crippen LogP contribution in [-0.4, -0.2) is 25.1 Å². The SMILES string of the molecule is CCC1CC1NC(=O)c1cccc2c1OCCN2. The molecule has 1 saturated carbocycles. The number of fused-ring (bicyclic) bond motifs is 1. The molecule has 1 aromatic rings. The first-order valence-corrected chi connectivity index (χ1v) is 6.60. The van der Waals surface area contributed by atoms with Gasteiger partial charge in [0.1, 0.15) is 6.61 Å². The summed E-state index contributed by atoms with van der Waals surface area (Å²) < 4.78 is 5.61. The number of para-hydroxylation sites is 1. The second-order valence-electron chi connectivity index (χ2n) is 4.94.